The highest BCUT2D eigenvalue weighted by molar-refractivity contribution is 5.14. The highest BCUT2D eigenvalue weighted by atomic mass is 16.5. The maximum atomic E-state index is 5.55. The molecule has 1 atom stereocenters. The molecule has 2 aromatic heterocycles. The van der Waals surface area contributed by atoms with Crippen molar-refractivity contribution in [2.24, 2.45) is 0 Å². The Morgan fingerprint density at radius 2 is 2.24 bits per heavy atom. The zero-order chi connectivity index (χ0) is 14.1. The lowest BCUT2D eigenvalue weighted by atomic mass is 9.96. The van der Waals surface area contributed by atoms with Gasteiger partial charge in [0.15, 0.2) is 5.82 Å². The van der Waals surface area contributed by atoms with E-state index in [4.69, 9.17) is 9.26 Å². The van der Waals surface area contributed by atoms with Gasteiger partial charge in [0.2, 0.25) is 0 Å². The molecule has 21 heavy (non-hydrogen) atoms. The zero-order valence-corrected chi connectivity index (χ0v) is 11.8. The van der Waals surface area contributed by atoms with Crippen LogP contribution in [0.5, 0.6) is 0 Å². The summed E-state index contributed by atoms with van der Waals surface area (Å²) in [5.41, 5.74) is 1.17. The first kappa shape index (κ1) is 12.9. The quantitative estimate of drug-likeness (QED) is 0.855. The Kier molecular flexibility index (Phi) is 3.40. The van der Waals surface area contributed by atoms with Gasteiger partial charge in [-0.1, -0.05) is 11.2 Å². The number of hydrogen-bond acceptors (Lipinski definition) is 6. The van der Waals surface area contributed by atoms with E-state index >= 15 is 0 Å². The fourth-order valence-corrected chi connectivity index (χ4v) is 2.94. The molecule has 110 valence electrons. The third-order valence-electron chi connectivity index (χ3n) is 4.12. The molecule has 2 saturated heterocycles. The second-order valence-corrected chi connectivity index (χ2v) is 5.70. The summed E-state index contributed by atoms with van der Waals surface area (Å²) >= 11 is 0. The summed E-state index contributed by atoms with van der Waals surface area (Å²) in [5, 5.41) is 4.06. The van der Waals surface area contributed by atoms with Crippen LogP contribution < -0.4 is 0 Å². The summed E-state index contributed by atoms with van der Waals surface area (Å²) in [5.74, 6) is 1.90. The second-order valence-electron chi connectivity index (χ2n) is 5.70. The molecule has 0 saturated carbocycles. The molecule has 0 radical (unpaired) electrons. The van der Waals surface area contributed by atoms with Crippen LogP contribution in [0.3, 0.4) is 0 Å². The van der Waals surface area contributed by atoms with E-state index in [0.29, 0.717) is 11.8 Å². The highest BCUT2D eigenvalue weighted by Crippen LogP contribution is 2.29. The Balaban J connectivity index is 1.32. The van der Waals surface area contributed by atoms with Gasteiger partial charge in [0, 0.05) is 37.5 Å². The predicted molar refractivity (Wildman–Crippen MR) is 74.5 cm³/mol. The molecule has 0 aromatic carbocycles. The summed E-state index contributed by atoms with van der Waals surface area (Å²) in [4.78, 5) is 11.2. The fraction of sp³-hybridized carbons (Fsp3) is 0.533. The van der Waals surface area contributed by atoms with Crippen molar-refractivity contribution in [1.82, 2.24) is 20.0 Å². The van der Waals surface area contributed by atoms with Crippen molar-refractivity contribution >= 4 is 0 Å². The van der Waals surface area contributed by atoms with Gasteiger partial charge in [-0.3, -0.25) is 9.88 Å². The molecule has 0 unspecified atom stereocenters. The molecule has 4 heterocycles. The van der Waals surface area contributed by atoms with Crippen molar-refractivity contribution in [3.05, 3.63) is 41.8 Å². The van der Waals surface area contributed by atoms with Gasteiger partial charge in [0.05, 0.1) is 6.54 Å². The van der Waals surface area contributed by atoms with Crippen molar-refractivity contribution < 1.29 is 9.26 Å². The second kappa shape index (κ2) is 5.54. The van der Waals surface area contributed by atoms with Crippen LogP contribution in [0, 0.1) is 0 Å². The van der Waals surface area contributed by atoms with Crippen molar-refractivity contribution in [2.75, 3.05) is 19.7 Å². The third-order valence-corrected chi connectivity index (χ3v) is 4.12. The van der Waals surface area contributed by atoms with Gasteiger partial charge in [-0.25, -0.2) is 0 Å². The molecule has 0 spiro atoms. The van der Waals surface area contributed by atoms with Crippen LogP contribution in [-0.4, -0.2) is 39.7 Å². The van der Waals surface area contributed by atoms with E-state index in [9.17, 15) is 0 Å². The van der Waals surface area contributed by atoms with Gasteiger partial charge < -0.3 is 9.26 Å². The van der Waals surface area contributed by atoms with Gasteiger partial charge in [-0.15, -0.1) is 0 Å². The van der Waals surface area contributed by atoms with Crippen LogP contribution in [0.15, 0.2) is 28.9 Å². The third kappa shape index (κ3) is 2.69. The first-order chi connectivity index (χ1) is 10.4. The summed E-state index contributed by atoms with van der Waals surface area (Å²) < 4.78 is 10.9. The van der Waals surface area contributed by atoms with E-state index in [2.05, 4.69) is 26.1 Å². The number of hydrogen-bond donors (Lipinski definition) is 0. The van der Waals surface area contributed by atoms with E-state index in [0.717, 1.165) is 44.9 Å². The average Bonchev–Trinajstić information content (AvgIpc) is 3.14. The average molecular weight is 286 g/mol. The minimum Gasteiger partial charge on any atom is -0.368 e. The smallest absolute Gasteiger partial charge is 0.255 e. The zero-order valence-electron chi connectivity index (χ0n) is 11.8. The molecule has 6 heteroatoms. The molecule has 0 aliphatic carbocycles. The minimum absolute atomic E-state index is 0.00362. The molecule has 2 aromatic rings. The molecule has 0 N–H and O–H groups in total. The number of rotatable bonds is 4. The molecule has 4 rings (SSSR count). The normalized spacial score (nSPS) is 23.3. The van der Waals surface area contributed by atoms with Crippen LogP contribution in [0.2, 0.25) is 0 Å². The van der Waals surface area contributed by atoms with Crippen LogP contribution in [0.4, 0.5) is 0 Å². The van der Waals surface area contributed by atoms with E-state index < -0.39 is 0 Å². The number of aromatic nitrogens is 3. The standard InChI is InChI=1S/C15H18N4O2/c1-2-6-16-12(4-1)11-8-19(9-11)10-14-17-15(21-18-14)13-5-3-7-20-13/h1-2,4,6,11,13H,3,5,7-10H2/t13-/m0/s1. The Labute approximate surface area is 123 Å². The predicted octanol–water partition coefficient (Wildman–Crippen LogP) is 1.92. The Morgan fingerprint density at radius 1 is 1.29 bits per heavy atom. The van der Waals surface area contributed by atoms with Gasteiger partial charge in [-0.05, 0) is 25.0 Å². The molecule has 6 nitrogen and oxygen atoms in total. The minimum atomic E-state index is 0.00362. The maximum Gasteiger partial charge on any atom is 0.255 e. The van der Waals surface area contributed by atoms with Gasteiger partial charge in [-0.2, -0.15) is 4.98 Å². The molecular formula is C15H18N4O2. The molecule has 2 aliphatic rings. The number of pyridine rings is 1. The SMILES string of the molecule is c1ccc(C2CN(Cc3noc([C@@H]4CCCO4)n3)C2)nc1. The molecule has 0 amide bonds. The lowest BCUT2D eigenvalue weighted by Gasteiger charge is -2.38. The summed E-state index contributed by atoms with van der Waals surface area (Å²) in [6, 6.07) is 6.08. The molecule has 2 aliphatic heterocycles. The number of ether oxygens (including phenoxy) is 1. The largest absolute Gasteiger partial charge is 0.368 e. The summed E-state index contributed by atoms with van der Waals surface area (Å²) in [6.07, 6.45) is 3.90. The molecule has 0 bridgehead atoms. The van der Waals surface area contributed by atoms with E-state index in [1.807, 2.05) is 18.3 Å². The van der Waals surface area contributed by atoms with Crippen LogP contribution >= 0.6 is 0 Å². The Hall–Kier alpha value is -1.79. The van der Waals surface area contributed by atoms with Crippen LogP contribution in [-0.2, 0) is 11.3 Å². The topological polar surface area (TPSA) is 64.3 Å². The van der Waals surface area contributed by atoms with Crippen molar-refractivity contribution in [2.45, 2.75) is 31.4 Å². The molecular weight excluding hydrogens is 268 g/mol. The first-order valence-electron chi connectivity index (χ1n) is 7.46. The van der Waals surface area contributed by atoms with E-state index in [1.54, 1.807) is 0 Å². The van der Waals surface area contributed by atoms with Crippen molar-refractivity contribution in [1.29, 1.82) is 0 Å². The van der Waals surface area contributed by atoms with Gasteiger partial charge in [0.1, 0.15) is 6.10 Å². The summed E-state index contributed by atoms with van der Waals surface area (Å²) in [7, 11) is 0. The van der Waals surface area contributed by atoms with E-state index in [-0.39, 0.29) is 6.10 Å². The lowest BCUT2D eigenvalue weighted by Crippen LogP contribution is -2.44. The highest BCUT2D eigenvalue weighted by Gasteiger charge is 2.30. The maximum absolute atomic E-state index is 5.55. The first-order valence-corrected chi connectivity index (χ1v) is 7.46. The number of likely N-dealkylation sites (tertiary alicyclic amines) is 1. The number of nitrogens with zero attached hydrogens (tertiary/aromatic N) is 4. The fourth-order valence-electron chi connectivity index (χ4n) is 2.94. The lowest BCUT2D eigenvalue weighted by molar-refractivity contribution is 0.0835. The monoisotopic (exact) mass is 286 g/mol. The summed E-state index contributed by atoms with van der Waals surface area (Å²) in [6.45, 7) is 3.53. The molecule has 2 fully saturated rings. The van der Waals surface area contributed by atoms with Crippen LogP contribution in [0.25, 0.3) is 0 Å². The van der Waals surface area contributed by atoms with Crippen molar-refractivity contribution in [3.8, 4) is 0 Å². The van der Waals surface area contributed by atoms with E-state index in [1.165, 1.54) is 5.69 Å². The Bertz CT molecular complexity index is 589. The van der Waals surface area contributed by atoms with Gasteiger partial charge >= 0.3 is 0 Å². The van der Waals surface area contributed by atoms with Crippen LogP contribution in [0.1, 0.15) is 42.3 Å². The van der Waals surface area contributed by atoms with Gasteiger partial charge in [0.25, 0.3) is 5.89 Å². The Morgan fingerprint density at radius 3 is 3.00 bits per heavy atom. The van der Waals surface area contributed by atoms with Crippen molar-refractivity contribution in [3.63, 3.8) is 0 Å².